The Morgan fingerprint density at radius 2 is 1.05 bits per heavy atom. The van der Waals surface area contributed by atoms with Crippen molar-refractivity contribution in [2.75, 3.05) is 6.61 Å². The second kappa shape index (κ2) is 16.7. The Labute approximate surface area is 126 Å². The highest BCUT2D eigenvalue weighted by molar-refractivity contribution is 5.78. The van der Waals surface area contributed by atoms with Gasteiger partial charge in [-0.25, -0.2) is 0 Å². The van der Waals surface area contributed by atoms with E-state index in [9.17, 15) is 4.79 Å². The smallest absolute Gasteiger partial charge is 0.132 e. The SMILES string of the molecule is CCCCCCCCC(=O)CCCCCCCCCO. The van der Waals surface area contributed by atoms with Gasteiger partial charge in [0.2, 0.25) is 0 Å². The van der Waals surface area contributed by atoms with Crippen molar-refractivity contribution in [2.45, 2.75) is 103 Å². The minimum absolute atomic E-state index is 0.326. The van der Waals surface area contributed by atoms with Gasteiger partial charge in [0.05, 0.1) is 0 Å². The zero-order chi connectivity index (χ0) is 14.9. The molecule has 0 aromatic carbocycles. The first kappa shape index (κ1) is 19.6. The van der Waals surface area contributed by atoms with E-state index in [1.54, 1.807) is 0 Å². The molecule has 0 saturated carbocycles. The van der Waals surface area contributed by atoms with Gasteiger partial charge >= 0.3 is 0 Å². The number of carbonyl (C=O) groups is 1. The van der Waals surface area contributed by atoms with E-state index in [1.807, 2.05) is 0 Å². The van der Waals surface area contributed by atoms with Crippen LogP contribution in [-0.2, 0) is 4.79 Å². The van der Waals surface area contributed by atoms with Crippen molar-refractivity contribution < 1.29 is 9.90 Å². The predicted octanol–water partition coefficient (Wildman–Crippen LogP) is 5.42. The van der Waals surface area contributed by atoms with Crippen molar-refractivity contribution in [2.24, 2.45) is 0 Å². The van der Waals surface area contributed by atoms with Gasteiger partial charge in [-0.15, -0.1) is 0 Å². The van der Waals surface area contributed by atoms with E-state index in [-0.39, 0.29) is 0 Å². The number of hydrogen-bond donors (Lipinski definition) is 1. The van der Waals surface area contributed by atoms with E-state index in [0.29, 0.717) is 12.4 Å². The summed E-state index contributed by atoms with van der Waals surface area (Å²) in [6.45, 7) is 2.56. The molecule has 2 nitrogen and oxygen atoms in total. The van der Waals surface area contributed by atoms with Crippen LogP contribution in [0.4, 0.5) is 0 Å². The molecule has 0 heterocycles. The lowest BCUT2D eigenvalue weighted by atomic mass is 10.0. The summed E-state index contributed by atoms with van der Waals surface area (Å²) >= 11 is 0. The second-order valence-electron chi connectivity index (χ2n) is 6.00. The summed E-state index contributed by atoms with van der Waals surface area (Å²) < 4.78 is 0. The number of carbonyl (C=O) groups excluding carboxylic acids is 1. The van der Waals surface area contributed by atoms with Crippen molar-refractivity contribution in [1.82, 2.24) is 0 Å². The van der Waals surface area contributed by atoms with Gasteiger partial charge in [-0.05, 0) is 19.3 Å². The van der Waals surface area contributed by atoms with Crippen LogP contribution in [-0.4, -0.2) is 17.5 Å². The number of rotatable bonds is 16. The molecule has 0 fully saturated rings. The average molecular weight is 284 g/mol. The molecule has 0 aromatic rings. The first-order valence-corrected chi connectivity index (χ1v) is 8.93. The van der Waals surface area contributed by atoms with Gasteiger partial charge in [0.15, 0.2) is 0 Å². The van der Waals surface area contributed by atoms with Gasteiger partial charge in [-0.1, -0.05) is 71.1 Å². The Morgan fingerprint density at radius 1 is 0.650 bits per heavy atom. The standard InChI is InChI=1S/C18H36O2/c1-2-3-4-5-9-12-15-18(20)16-13-10-7-6-8-11-14-17-19/h19H,2-17H2,1H3. The summed E-state index contributed by atoms with van der Waals surface area (Å²) in [6.07, 6.45) is 17.3. The molecule has 120 valence electrons. The monoisotopic (exact) mass is 284 g/mol. The third-order valence-corrected chi connectivity index (χ3v) is 3.92. The molecule has 0 saturated heterocycles. The fourth-order valence-corrected chi connectivity index (χ4v) is 2.55. The molecule has 0 aromatic heterocycles. The Balaban J connectivity index is 3.12. The molecular formula is C18H36O2. The molecule has 0 unspecified atom stereocenters. The van der Waals surface area contributed by atoms with E-state index in [2.05, 4.69) is 6.92 Å². The van der Waals surface area contributed by atoms with Gasteiger partial charge in [0, 0.05) is 19.4 Å². The number of ketones is 1. The lowest BCUT2D eigenvalue weighted by Gasteiger charge is -2.03. The van der Waals surface area contributed by atoms with Crippen LogP contribution in [0.5, 0.6) is 0 Å². The first-order chi connectivity index (χ1) is 9.81. The number of unbranched alkanes of at least 4 members (excludes halogenated alkanes) is 11. The first-order valence-electron chi connectivity index (χ1n) is 8.93. The average Bonchev–Trinajstić information content (AvgIpc) is 2.45. The van der Waals surface area contributed by atoms with Crippen molar-refractivity contribution in [3.63, 3.8) is 0 Å². The Morgan fingerprint density at radius 3 is 1.50 bits per heavy atom. The molecule has 0 aliphatic carbocycles. The van der Waals surface area contributed by atoms with Crippen molar-refractivity contribution >= 4 is 5.78 Å². The van der Waals surface area contributed by atoms with E-state index in [4.69, 9.17) is 5.11 Å². The van der Waals surface area contributed by atoms with Crippen LogP contribution in [0.1, 0.15) is 103 Å². The lowest BCUT2D eigenvalue weighted by Crippen LogP contribution is -1.97. The molecule has 0 rings (SSSR count). The van der Waals surface area contributed by atoms with Crippen molar-refractivity contribution in [3.8, 4) is 0 Å². The molecular weight excluding hydrogens is 248 g/mol. The molecule has 0 atom stereocenters. The van der Waals surface area contributed by atoms with Gasteiger partial charge < -0.3 is 5.11 Å². The summed E-state index contributed by atoms with van der Waals surface area (Å²) in [5, 5.41) is 8.66. The topological polar surface area (TPSA) is 37.3 Å². The quantitative estimate of drug-likeness (QED) is 0.384. The maximum atomic E-state index is 11.7. The van der Waals surface area contributed by atoms with Gasteiger partial charge in [0.25, 0.3) is 0 Å². The van der Waals surface area contributed by atoms with Crippen LogP contribution in [0.25, 0.3) is 0 Å². The molecule has 0 bridgehead atoms. The third-order valence-electron chi connectivity index (χ3n) is 3.92. The van der Waals surface area contributed by atoms with E-state index in [1.165, 1.54) is 57.8 Å². The Bertz CT molecular complexity index is 202. The maximum absolute atomic E-state index is 11.7. The molecule has 2 heteroatoms. The summed E-state index contributed by atoms with van der Waals surface area (Å²) in [4.78, 5) is 11.7. The molecule has 0 amide bonds. The predicted molar refractivity (Wildman–Crippen MR) is 87.0 cm³/mol. The van der Waals surface area contributed by atoms with Gasteiger partial charge in [-0.3, -0.25) is 4.79 Å². The van der Waals surface area contributed by atoms with E-state index >= 15 is 0 Å². The fourth-order valence-electron chi connectivity index (χ4n) is 2.55. The van der Waals surface area contributed by atoms with Gasteiger partial charge in [-0.2, -0.15) is 0 Å². The highest BCUT2D eigenvalue weighted by atomic mass is 16.2. The zero-order valence-corrected chi connectivity index (χ0v) is 13.7. The lowest BCUT2D eigenvalue weighted by molar-refractivity contribution is -0.119. The molecule has 1 N–H and O–H groups in total. The second-order valence-corrected chi connectivity index (χ2v) is 6.00. The largest absolute Gasteiger partial charge is 0.396 e. The number of aliphatic hydroxyl groups is 1. The molecule has 0 spiro atoms. The highest BCUT2D eigenvalue weighted by Gasteiger charge is 2.01. The molecule has 20 heavy (non-hydrogen) atoms. The molecule has 0 aliphatic heterocycles. The van der Waals surface area contributed by atoms with E-state index < -0.39 is 0 Å². The minimum atomic E-state index is 0.326. The Hall–Kier alpha value is -0.370. The fraction of sp³-hybridized carbons (Fsp3) is 0.944. The molecule has 0 radical (unpaired) electrons. The van der Waals surface area contributed by atoms with Crippen LogP contribution in [0.3, 0.4) is 0 Å². The maximum Gasteiger partial charge on any atom is 0.132 e. The van der Waals surface area contributed by atoms with Gasteiger partial charge in [0.1, 0.15) is 5.78 Å². The van der Waals surface area contributed by atoms with E-state index in [0.717, 1.165) is 38.5 Å². The van der Waals surface area contributed by atoms with Crippen LogP contribution in [0.15, 0.2) is 0 Å². The van der Waals surface area contributed by atoms with Crippen LogP contribution < -0.4 is 0 Å². The third kappa shape index (κ3) is 15.7. The summed E-state index contributed by atoms with van der Waals surface area (Å²) in [5.74, 6) is 0.473. The Kier molecular flexibility index (Phi) is 16.4. The van der Waals surface area contributed by atoms with Crippen molar-refractivity contribution in [3.05, 3.63) is 0 Å². The van der Waals surface area contributed by atoms with Crippen LogP contribution >= 0.6 is 0 Å². The summed E-state index contributed by atoms with van der Waals surface area (Å²) in [6, 6.07) is 0. The highest BCUT2D eigenvalue weighted by Crippen LogP contribution is 2.11. The van der Waals surface area contributed by atoms with Crippen molar-refractivity contribution in [1.29, 1.82) is 0 Å². The minimum Gasteiger partial charge on any atom is -0.396 e. The summed E-state index contributed by atoms with van der Waals surface area (Å²) in [7, 11) is 0. The normalized spacial score (nSPS) is 10.9. The summed E-state index contributed by atoms with van der Waals surface area (Å²) in [5.41, 5.74) is 0. The number of hydrogen-bond acceptors (Lipinski definition) is 2. The number of Topliss-reactive ketones (excluding diaryl/α,β-unsaturated/α-hetero) is 1. The van der Waals surface area contributed by atoms with Crippen LogP contribution in [0, 0.1) is 0 Å². The molecule has 0 aliphatic rings. The zero-order valence-electron chi connectivity index (χ0n) is 13.7. The number of aliphatic hydroxyl groups excluding tert-OH is 1. The van der Waals surface area contributed by atoms with Crippen LogP contribution in [0.2, 0.25) is 0 Å².